The van der Waals surface area contributed by atoms with Crippen molar-refractivity contribution >= 4 is 42.0 Å². The maximum Gasteiger partial charge on any atom is 0.305 e. The quantitative estimate of drug-likeness (QED) is 0.168. The van der Waals surface area contributed by atoms with Crippen molar-refractivity contribution in [3.63, 3.8) is 0 Å². The molecule has 0 fully saturated rings. The van der Waals surface area contributed by atoms with Crippen LogP contribution < -0.4 is 21.4 Å². The summed E-state index contributed by atoms with van der Waals surface area (Å²) in [5, 5.41) is 3.52. The molecule has 1 aliphatic rings. The number of carbonyl (C=O) groups excluding carboxylic acids is 3. The second-order valence-corrected chi connectivity index (χ2v) is 12.0. The molecule has 4 aromatic heterocycles. The van der Waals surface area contributed by atoms with Gasteiger partial charge in [-0.05, 0) is 116 Å². The highest BCUT2D eigenvalue weighted by Crippen LogP contribution is 2.25. The van der Waals surface area contributed by atoms with Crippen LogP contribution in [0.15, 0.2) is 0 Å². The molecule has 0 spiro atoms. The van der Waals surface area contributed by atoms with E-state index in [1.54, 1.807) is 0 Å². The fraction of sp³-hybridized carbons (Fsp3) is 0.378. The Hall–Kier alpha value is -4.79. The summed E-state index contributed by atoms with van der Waals surface area (Å²) >= 11 is 0. The lowest BCUT2D eigenvalue weighted by Crippen LogP contribution is -2.18. The molecule has 8 bridgehead atoms. The van der Waals surface area contributed by atoms with Crippen LogP contribution in [0.4, 0.5) is 0 Å². The van der Waals surface area contributed by atoms with E-state index >= 15 is 0 Å². The lowest BCUT2D eigenvalue weighted by molar-refractivity contribution is -0.141. The lowest BCUT2D eigenvalue weighted by atomic mass is 10.0. The number of rotatable bonds is 9. The minimum Gasteiger partial charge on any atom is -0.469 e. The summed E-state index contributed by atoms with van der Waals surface area (Å²) < 4.78 is 9.93. The van der Waals surface area contributed by atoms with E-state index in [-0.39, 0.29) is 24.8 Å². The molecule has 4 aromatic rings. The Balaban J connectivity index is 1.93. The topological polar surface area (TPSA) is 133 Å². The number of esters is 2. The first kappa shape index (κ1) is 32.6. The Bertz CT molecular complexity index is 2100. The minimum absolute atomic E-state index is 0.241. The Morgan fingerprint density at radius 1 is 0.630 bits per heavy atom. The second kappa shape index (κ2) is 13.3. The van der Waals surface area contributed by atoms with E-state index in [2.05, 4.69) is 79.7 Å². The van der Waals surface area contributed by atoms with E-state index in [0.29, 0.717) is 18.4 Å². The SMILES string of the molecule is CCc1c2[nH]c(c1C)C(C=O)=c1[nH]c(c(C)c1CC)=Cc1[nH]c(c(CCC(=O)OC)c1C)C=c1[nH]c(c(C)c1CCC(=O)OC)=C2. The van der Waals surface area contributed by atoms with Crippen LogP contribution in [0.5, 0.6) is 0 Å². The van der Waals surface area contributed by atoms with Crippen LogP contribution in [-0.2, 0) is 49.5 Å². The number of hydrogen-bond acceptors (Lipinski definition) is 5. The molecule has 1 aliphatic heterocycles. The highest BCUT2D eigenvalue weighted by molar-refractivity contribution is 6.06. The number of H-pyrrole nitrogens is 4. The molecule has 0 aromatic carbocycles. The van der Waals surface area contributed by atoms with Crippen molar-refractivity contribution in [3.05, 3.63) is 88.7 Å². The van der Waals surface area contributed by atoms with Gasteiger partial charge in [0.1, 0.15) is 0 Å². The molecule has 0 amide bonds. The van der Waals surface area contributed by atoms with Crippen LogP contribution in [0, 0.1) is 27.7 Å². The van der Waals surface area contributed by atoms with Gasteiger partial charge in [0.2, 0.25) is 0 Å². The predicted molar refractivity (Wildman–Crippen MR) is 179 cm³/mol. The monoisotopic (exact) mass is 624 g/mol. The maximum absolute atomic E-state index is 12.9. The van der Waals surface area contributed by atoms with Gasteiger partial charge in [0, 0.05) is 46.0 Å². The molecular weight excluding hydrogens is 580 g/mol. The zero-order valence-corrected chi connectivity index (χ0v) is 28.1. The molecule has 0 aliphatic carbocycles. The molecule has 242 valence electrons. The fourth-order valence-electron chi connectivity index (χ4n) is 6.85. The van der Waals surface area contributed by atoms with Gasteiger partial charge in [0.05, 0.1) is 30.8 Å². The first-order valence-electron chi connectivity index (χ1n) is 15.9. The van der Waals surface area contributed by atoms with E-state index in [1.807, 2.05) is 0 Å². The summed E-state index contributed by atoms with van der Waals surface area (Å²) in [6.45, 7) is 12.5. The van der Waals surface area contributed by atoms with Crippen molar-refractivity contribution in [2.45, 2.75) is 80.1 Å². The van der Waals surface area contributed by atoms with Crippen LogP contribution in [-0.4, -0.2) is 52.4 Å². The first-order chi connectivity index (χ1) is 22.1. The van der Waals surface area contributed by atoms with Crippen molar-refractivity contribution in [2.75, 3.05) is 14.2 Å². The summed E-state index contributed by atoms with van der Waals surface area (Å²) in [5.74, 6) is -0.549. The molecule has 0 saturated heterocycles. The molecule has 0 atom stereocenters. The predicted octanol–water partition coefficient (Wildman–Crippen LogP) is 2.77. The fourth-order valence-corrected chi connectivity index (χ4v) is 6.85. The van der Waals surface area contributed by atoms with Crippen molar-refractivity contribution in [3.8, 4) is 0 Å². The highest BCUT2D eigenvalue weighted by Gasteiger charge is 2.20. The minimum atomic E-state index is -0.275. The summed E-state index contributed by atoms with van der Waals surface area (Å²) in [6.07, 6.45) is 10.2. The van der Waals surface area contributed by atoms with Crippen LogP contribution >= 0.6 is 0 Å². The molecule has 46 heavy (non-hydrogen) atoms. The van der Waals surface area contributed by atoms with E-state index in [4.69, 9.17) is 9.47 Å². The lowest BCUT2D eigenvalue weighted by Gasteiger charge is -2.03. The number of fused-ring (bicyclic) bond motifs is 8. The van der Waals surface area contributed by atoms with Crippen molar-refractivity contribution in [2.24, 2.45) is 0 Å². The number of aromatic nitrogens is 4. The van der Waals surface area contributed by atoms with Gasteiger partial charge in [-0.15, -0.1) is 0 Å². The van der Waals surface area contributed by atoms with Crippen LogP contribution in [0.2, 0.25) is 0 Å². The molecule has 4 N–H and O–H groups in total. The number of ether oxygens (including phenoxy) is 2. The van der Waals surface area contributed by atoms with Gasteiger partial charge < -0.3 is 29.4 Å². The number of aromatic amines is 4. The molecule has 9 nitrogen and oxygen atoms in total. The smallest absolute Gasteiger partial charge is 0.305 e. The number of hydrogen-bond donors (Lipinski definition) is 4. The standard InChI is InChI=1S/C37H44N4O5/c1-9-23-22(6)36-27(18-42)37-24(10-2)19(3)30(40-37)15-28-20(4)25(11-13-34(43)45-7)32(38-28)17-33-26(12-14-35(44)46-8)21(5)29(39-33)16-31(23)41-36/h15-18,38-41H,9-14H2,1-8H3. The largest absolute Gasteiger partial charge is 0.469 e. The van der Waals surface area contributed by atoms with Crippen molar-refractivity contribution in [1.82, 2.24) is 19.9 Å². The molecule has 0 unspecified atom stereocenters. The number of methoxy groups -OCH3 is 2. The summed E-state index contributed by atoms with van der Waals surface area (Å²) in [4.78, 5) is 51.7. The molecule has 0 saturated carbocycles. The Morgan fingerprint density at radius 3 is 1.78 bits per heavy atom. The van der Waals surface area contributed by atoms with E-state index in [0.717, 1.165) is 108 Å². The molecule has 0 radical (unpaired) electrons. The highest BCUT2D eigenvalue weighted by atomic mass is 16.5. The van der Waals surface area contributed by atoms with Crippen LogP contribution in [0.3, 0.4) is 0 Å². The number of carbonyl (C=O) groups is 3. The zero-order valence-electron chi connectivity index (χ0n) is 28.1. The normalized spacial score (nSPS) is 12.3. The maximum atomic E-state index is 12.9. The molecule has 9 heteroatoms. The first-order valence-corrected chi connectivity index (χ1v) is 15.9. The van der Waals surface area contributed by atoms with Gasteiger partial charge in [-0.25, -0.2) is 0 Å². The van der Waals surface area contributed by atoms with Gasteiger partial charge >= 0.3 is 11.9 Å². The zero-order chi connectivity index (χ0) is 33.3. The van der Waals surface area contributed by atoms with Crippen LogP contribution in [0.1, 0.15) is 94.0 Å². The van der Waals surface area contributed by atoms with Gasteiger partial charge in [0.25, 0.3) is 0 Å². The third-order valence-electron chi connectivity index (χ3n) is 9.58. The summed E-state index contributed by atoms with van der Waals surface area (Å²) in [6, 6.07) is 0. The van der Waals surface area contributed by atoms with Crippen molar-refractivity contribution in [1.29, 1.82) is 0 Å². The van der Waals surface area contributed by atoms with Gasteiger partial charge in [-0.1, -0.05) is 13.8 Å². The average molecular weight is 625 g/mol. The Morgan fingerprint density at radius 2 is 1.17 bits per heavy atom. The average Bonchev–Trinajstić information content (AvgIpc) is 3.72. The van der Waals surface area contributed by atoms with Crippen LogP contribution in [0.25, 0.3) is 23.8 Å². The van der Waals surface area contributed by atoms with Gasteiger partial charge in [0.15, 0.2) is 6.29 Å². The molecular formula is C37H44N4O5. The number of aldehydes is 1. The van der Waals surface area contributed by atoms with E-state index in [1.165, 1.54) is 14.2 Å². The summed E-state index contributed by atoms with van der Waals surface area (Å²) in [7, 11) is 2.80. The molecule has 5 heterocycles. The van der Waals surface area contributed by atoms with E-state index in [9.17, 15) is 14.4 Å². The third-order valence-corrected chi connectivity index (χ3v) is 9.58. The molecule has 5 rings (SSSR count). The van der Waals surface area contributed by atoms with Crippen molar-refractivity contribution < 1.29 is 23.9 Å². The van der Waals surface area contributed by atoms with Gasteiger partial charge in [-0.2, -0.15) is 0 Å². The third kappa shape index (κ3) is 5.82. The Labute approximate surface area is 268 Å². The Kier molecular flexibility index (Phi) is 9.42. The second-order valence-electron chi connectivity index (χ2n) is 12.0. The van der Waals surface area contributed by atoms with E-state index < -0.39 is 0 Å². The van der Waals surface area contributed by atoms with Gasteiger partial charge in [-0.3, -0.25) is 14.4 Å². The summed E-state index contributed by atoms with van der Waals surface area (Å²) in [5.41, 5.74) is 12.5. The number of nitrogens with one attached hydrogen (secondary N) is 4.